The van der Waals surface area contributed by atoms with Crippen molar-refractivity contribution in [3.8, 4) is 0 Å². The first-order valence-electron chi connectivity index (χ1n) is 10.3. The Morgan fingerprint density at radius 1 is 1.14 bits per heavy atom. The lowest BCUT2D eigenvalue weighted by Gasteiger charge is -2.23. The zero-order chi connectivity index (χ0) is 21.7. The summed E-state index contributed by atoms with van der Waals surface area (Å²) in [5.74, 6) is 0.367. The van der Waals surface area contributed by atoms with E-state index in [1.807, 2.05) is 32.9 Å². The average molecular weight is 407 g/mol. The molecule has 0 amide bonds. The van der Waals surface area contributed by atoms with Crippen LogP contribution in [0.5, 0.6) is 0 Å². The molecule has 0 spiro atoms. The van der Waals surface area contributed by atoms with Gasteiger partial charge in [0.25, 0.3) is 0 Å². The maximum Gasteiger partial charge on any atom is 0.159 e. The fourth-order valence-corrected chi connectivity index (χ4v) is 3.39. The van der Waals surface area contributed by atoms with E-state index in [4.69, 9.17) is 9.47 Å². The van der Waals surface area contributed by atoms with Crippen LogP contribution in [0.3, 0.4) is 0 Å². The van der Waals surface area contributed by atoms with Crippen molar-refractivity contribution in [2.45, 2.75) is 79.2 Å². The van der Waals surface area contributed by atoms with Gasteiger partial charge in [0.1, 0.15) is 6.79 Å². The molecule has 2 atom stereocenters. The Bertz CT molecular complexity index is 575. The van der Waals surface area contributed by atoms with Crippen molar-refractivity contribution in [1.82, 2.24) is 0 Å². The Balaban J connectivity index is 4.66. The molecule has 28 heavy (non-hydrogen) atoms. The molecule has 0 aliphatic heterocycles. The van der Waals surface area contributed by atoms with E-state index in [2.05, 4.69) is 46.1 Å². The van der Waals surface area contributed by atoms with E-state index < -0.39 is 8.07 Å². The summed E-state index contributed by atoms with van der Waals surface area (Å²) in [6.07, 6.45) is 9.10. The van der Waals surface area contributed by atoms with Crippen LogP contribution >= 0.6 is 0 Å². The van der Waals surface area contributed by atoms with Gasteiger partial charge in [0.15, 0.2) is 5.78 Å². The van der Waals surface area contributed by atoms with Crippen LogP contribution in [0.15, 0.2) is 47.6 Å². The normalized spacial score (nSPS) is 14.8. The predicted molar refractivity (Wildman–Crippen MR) is 124 cm³/mol. The fraction of sp³-hybridized carbons (Fsp3) is 0.625. The van der Waals surface area contributed by atoms with Gasteiger partial charge in [0, 0.05) is 27.0 Å². The van der Waals surface area contributed by atoms with Crippen molar-refractivity contribution in [2.24, 2.45) is 5.92 Å². The minimum atomic E-state index is -1.07. The fourth-order valence-electron chi connectivity index (χ4n) is 2.63. The van der Waals surface area contributed by atoms with Crippen LogP contribution in [-0.2, 0) is 14.3 Å². The Morgan fingerprint density at radius 3 is 2.32 bits per heavy atom. The molecule has 0 unspecified atom stereocenters. The van der Waals surface area contributed by atoms with Crippen LogP contribution < -0.4 is 0 Å². The second-order valence-electron chi connectivity index (χ2n) is 9.27. The molecule has 0 rings (SSSR count). The van der Waals surface area contributed by atoms with E-state index in [0.29, 0.717) is 13.2 Å². The number of hydrogen-bond donors (Lipinski definition) is 0. The molecule has 0 saturated heterocycles. The maximum absolute atomic E-state index is 11.7. The molecule has 0 heterocycles. The van der Waals surface area contributed by atoms with Crippen LogP contribution in [-0.4, -0.2) is 33.4 Å². The van der Waals surface area contributed by atoms with Gasteiger partial charge in [-0.3, -0.25) is 4.79 Å². The van der Waals surface area contributed by atoms with Gasteiger partial charge in [0.2, 0.25) is 0 Å². The molecule has 0 bridgehead atoms. The molecule has 160 valence electrons. The molecular formula is C24H42O3Si. The van der Waals surface area contributed by atoms with Crippen molar-refractivity contribution in [2.75, 3.05) is 13.4 Å². The highest BCUT2D eigenvalue weighted by Gasteiger charge is 2.17. The van der Waals surface area contributed by atoms with Gasteiger partial charge < -0.3 is 9.47 Å². The maximum atomic E-state index is 11.7. The third-order valence-corrected chi connectivity index (χ3v) is 5.88. The van der Waals surface area contributed by atoms with E-state index in [1.165, 1.54) is 0 Å². The third-order valence-electron chi connectivity index (χ3n) is 4.17. The van der Waals surface area contributed by atoms with Crippen molar-refractivity contribution in [3.05, 3.63) is 47.6 Å². The lowest BCUT2D eigenvalue weighted by Crippen LogP contribution is -2.25. The van der Waals surface area contributed by atoms with Gasteiger partial charge in [-0.15, -0.1) is 6.58 Å². The number of rotatable bonds is 14. The van der Waals surface area contributed by atoms with E-state index in [0.717, 1.165) is 35.8 Å². The van der Waals surface area contributed by atoms with Gasteiger partial charge in [-0.2, -0.15) is 0 Å². The standard InChI is InChI=1S/C24H42O3Si/c1-19(2)15-23(25)12-10-11-21(5)17-22(6)24(16-20(3)4)27-18-26-13-14-28(7,8)9/h10-11,15,17,22,24H,3,12-14,16,18H2,1-2,4-9H3/b11-10+,21-17+/t22-,24-/m1/s1. The van der Waals surface area contributed by atoms with Crippen molar-refractivity contribution < 1.29 is 14.3 Å². The van der Waals surface area contributed by atoms with Crippen LogP contribution in [0.2, 0.25) is 25.7 Å². The van der Waals surface area contributed by atoms with Gasteiger partial charge in [-0.25, -0.2) is 0 Å². The summed E-state index contributed by atoms with van der Waals surface area (Å²) in [4.78, 5) is 11.7. The van der Waals surface area contributed by atoms with E-state index >= 15 is 0 Å². The first-order valence-corrected chi connectivity index (χ1v) is 14.0. The Hall–Kier alpha value is -1.23. The van der Waals surface area contributed by atoms with Gasteiger partial charge in [-0.05, 0) is 46.2 Å². The zero-order valence-electron chi connectivity index (χ0n) is 19.4. The van der Waals surface area contributed by atoms with Crippen LogP contribution in [0.4, 0.5) is 0 Å². The zero-order valence-corrected chi connectivity index (χ0v) is 20.4. The minimum Gasteiger partial charge on any atom is -0.356 e. The molecule has 4 heteroatoms. The van der Waals surface area contributed by atoms with Gasteiger partial charge >= 0.3 is 0 Å². The van der Waals surface area contributed by atoms with E-state index in [-0.39, 0.29) is 17.8 Å². The Kier molecular flexibility index (Phi) is 13.3. The summed E-state index contributed by atoms with van der Waals surface area (Å²) >= 11 is 0. The van der Waals surface area contributed by atoms with Gasteiger partial charge in [-0.1, -0.05) is 61.5 Å². The van der Waals surface area contributed by atoms with E-state index in [1.54, 1.807) is 6.08 Å². The molecule has 0 aliphatic carbocycles. The lowest BCUT2D eigenvalue weighted by atomic mass is 9.96. The molecule has 0 aromatic heterocycles. The topological polar surface area (TPSA) is 35.5 Å². The highest BCUT2D eigenvalue weighted by molar-refractivity contribution is 6.76. The van der Waals surface area contributed by atoms with Gasteiger partial charge in [0.05, 0.1) is 6.10 Å². The molecule has 0 N–H and O–H groups in total. The summed E-state index contributed by atoms with van der Waals surface area (Å²) in [6.45, 7) is 22.3. The van der Waals surface area contributed by atoms with Crippen LogP contribution in [0, 0.1) is 5.92 Å². The number of ketones is 1. The molecule has 3 nitrogen and oxygen atoms in total. The number of carbonyl (C=O) groups is 1. The largest absolute Gasteiger partial charge is 0.356 e. The van der Waals surface area contributed by atoms with E-state index in [9.17, 15) is 4.79 Å². The summed E-state index contributed by atoms with van der Waals surface area (Å²) < 4.78 is 11.7. The van der Waals surface area contributed by atoms with Crippen LogP contribution in [0.25, 0.3) is 0 Å². The molecular weight excluding hydrogens is 364 g/mol. The molecule has 0 radical (unpaired) electrons. The molecule has 0 aromatic carbocycles. The third kappa shape index (κ3) is 15.8. The first kappa shape index (κ1) is 26.8. The van der Waals surface area contributed by atoms with Crippen molar-refractivity contribution >= 4 is 13.9 Å². The number of carbonyl (C=O) groups excluding carboxylic acids is 1. The number of hydrogen-bond acceptors (Lipinski definition) is 3. The molecule has 0 aliphatic rings. The molecule has 0 aromatic rings. The second kappa shape index (κ2) is 13.9. The monoisotopic (exact) mass is 406 g/mol. The SMILES string of the molecule is C=C(C)C[C@@H](OCOCC[Si](C)(C)C)[C@H](C)/C=C(C)/C=C/CC(=O)C=C(C)C. The smallest absolute Gasteiger partial charge is 0.159 e. The molecule has 0 fully saturated rings. The Morgan fingerprint density at radius 2 is 1.79 bits per heavy atom. The number of ether oxygens (including phenoxy) is 2. The average Bonchev–Trinajstić information content (AvgIpc) is 2.51. The van der Waals surface area contributed by atoms with Crippen molar-refractivity contribution in [3.63, 3.8) is 0 Å². The number of allylic oxidation sites excluding steroid dienone is 5. The lowest BCUT2D eigenvalue weighted by molar-refractivity contribution is -0.113. The Labute approximate surface area is 174 Å². The first-order chi connectivity index (χ1) is 12.9. The second-order valence-corrected chi connectivity index (χ2v) is 14.9. The summed E-state index contributed by atoms with van der Waals surface area (Å²) in [7, 11) is -1.07. The highest BCUT2D eigenvalue weighted by atomic mass is 28.3. The summed E-state index contributed by atoms with van der Waals surface area (Å²) in [6, 6.07) is 1.15. The quantitative estimate of drug-likeness (QED) is 0.0802. The van der Waals surface area contributed by atoms with Crippen LogP contribution in [0.1, 0.15) is 47.5 Å². The summed E-state index contributed by atoms with van der Waals surface area (Å²) in [5.41, 5.74) is 3.27. The predicted octanol–water partition coefficient (Wildman–Crippen LogP) is 6.71. The molecule has 0 saturated carbocycles. The van der Waals surface area contributed by atoms with Crippen molar-refractivity contribution in [1.29, 1.82) is 0 Å². The minimum absolute atomic E-state index is 0.0417. The highest BCUT2D eigenvalue weighted by Crippen LogP contribution is 2.19. The summed E-state index contributed by atoms with van der Waals surface area (Å²) in [5, 5.41) is 0.